The van der Waals surface area contributed by atoms with Gasteiger partial charge in [-0.1, -0.05) is 0 Å². The molecule has 5 aromatic rings. The number of allylic oxidation sites excluding steroid dienone is 2. The van der Waals surface area contributed by atoms with Crippen LogP contribution in [-0.2, 0) is 0 Å². The highest BCUT2D eigenvalue weighted by Gasteiger charge is 2.29. The molecule has 0 unspecified atom stereocenters. The summed E-state index contributed by atoms with van der Waals surface area (Å²) in [7, 11) is 4.04. The second-order valence-corrected chi connectivity index (χ2v) is 9.88. The van der Waals surface area contributed by atoms with E-state index in [0.29, 0.717) is 0 Å². The van der Waals surface area contributed by atoms with E-state index >= 15 is 0 Å². The first-order chi connectivity index (χ1) is 21.5. The van der Waals surface area contributed by atoms with Crippen LogP contribution in [0.4, 0.5) is 5.69 Å². The molecule has 3 heterocycles. The molecule has 6 rings (SSSR count). The number of nitrogens with two attached hydrogens (primary N) is 1. The number of benzene rings is 2. The van der Waals surface area contributed by atoms with Crippen molar-refractivity contribution in [1.29, 1.82) is 0 Å². The predicted octanol–water partition coefficient (Wildman–Crippen LogP) is 3.87. The van der Waals surface area contributed by atoms with Crippen molar-refractivity contribution in [3.05, 3.63) is 59.1 Å². The summed E-state index contributed by atoms with van der Waals surface area (Å²) in [6.45, 7) is 1.50. The van der Waals surface area contributed by atoms with Gasteiger partial charge in [-0.3, -0.25) is 9.59 Å². The van der Waals surface area contributed by atoms with Crippen molar-refractivity contribution in [2.45, 2.75) is 6.92 Å². The van der Waals surface area contributed by atoms with Crippen LogP contribution in [0.3, 0.4) is 0 Å². The summed E-state index contributed by atoms with van der Waals surface area (Å²) in [5.74, 6) is -3.01. The van der Waals surface area contributed by atoms with Crippen LogP contribution < -0.4 is 19.9 Å². The maximum Gasteiger partial charge on any atom is 0.354 e. The lowest BCUT2D eigenvalue weighted by molar-refractivity contribution is 0.0689. The number of phenolic OH excluding ortho intramolecular Hbond substituents is 2. The minimum Gasteiger partial charge on any atom is -0.504 e. The number of anilines is 1. The van der Waals surface area contributed by atoms with Crippen molar-refractivity contribution >= 4 is 45.2 Å². The SMILES string of the molecule is COc1ccc(-c2c(C)c(C(=O)O)nc(-c3ccc4c(O)c(OC)c5nc6c(nc5c4n3)C(=O)C=CC6=O)c2N)c(O)c1OC. The van der Waals surface area contributed by atoms with Gasteiger partial charge in [-0.2, -0.15) is 0 Å². The number of aromatic nitrogens is 4. The molecule has 5 N–H and O–H groups in total. The van der Waals surface area contributed by atoms with Crippen molar-refractivity contribution in [2.75, 3.05) is 27.1 Å². The molecule has 0 saturated carbocycles. The zero-order chi connectivity index (χ0) is 32.3. The number of carboxylic acid groups (broad SMARTS) is 1. The van der Waals surface area contributed by atoms with E-state index in [0.717, 1.165) is 12.2 Å². The highest BCUT2D eigenvalue weighted by Crippen LogP contribution is 2.48. The van der Waals surface area contributed by atoms with Crippen LogP contribution in [0.5, 0.6) is 28.7 Å². The molecule has 45 heavy (non-hydrogen) atoms. The minimum atomic E-state index is -1.36. The Kier molecular flexibility index (Phi) is 6.68. The molecule has 0 bridgehead atoms. The molecule has 0 saturated heterocycles. The predicted molar refractivity (Wildman–Crippen MR) is 160 cm³/mol. The van der Waals surface area contributed by atoms with Crippen molar-refractivity contribution in [1.82, 2.24) is 19.9 Å². The standard InChI is InChI=1S/C31H23N5O9/c1-11-18(12-6-10-17(43-2)29(44-3)27(12)39)19(32)22(34-20(11)31(41)42)14-7-5-13-21(33-14)25-26(30(45-4)28(13)40)36-24-16(38)9-8-15(37)23(24)35-25/h5-10,39-40H,32H2,1-4H3,(H,41,42). The number of hydrogen-bond donors (Lipinski definition) is 4. The third-order valence-electron chi connectivity index (χ3n) is 7.47. The highest BCUT2D eigenvalue weighted by atomic mass is 16.5. The average Bonchev–Trinajstić information content (AvgIpc) is 3.03. The zero-order valence-corrected chi connectivity index (χ0v) is 24.1. The summed E-state index contributed by atoms with van der Waals surface area (Å²) >= 11 is 0. The summed E-state index contributed by atoms with van der Waals surface area (Å²) in [5.41, 5.74) is 6.34. The Bertz CT molecular complexity index is 2190. The fourth-order valence-electron chi connectivity index (χ4n) is 5.36. The van der Waals surface area contributed by atoms with Crippen LogP contribution in [0.1, 0.15) is 37.0 Å². The number of hydrogen-bond acceptors (Lipinski definition) is 13. The maximum absolute atomic E-state index is 12.6. The van der Waals surface area contributed by atoms with Crippen molar-refractivity contribution in [3.8, 4) is 51.3 Å². The second-order valence-electron chi connectivity index (χ2n) is 9.88. The van der Waals surface area contributed by atoms with E-state index in [4.69, 9.17) is 19.9 Å². The number of phenols is 2. The molecule has 1 aliphatic carbocycles. The van der Waals surface area contributed by atoms with E-state index in [1.54, 1.807) is 0 Å². The number of rotatable bonds is 6. The maximum atomic E-state index is 12.6. The van der Waals surface area contributed by atoms with Crippen LogP contribution in [0.15, 0.2) is 36.4 Å². The van der Waals surface area contributed by atoms with Gasteiger partial charge in [-0.25, -0.2) is 24.7 Å². The Morgan fingerprint density at radius 1 is 0.756 bits per heavy atom. The lowest BCUT2D eigenvalue weighted by Gasteiger charge is -2.19. The summed E-state index contributed by atoms with van der Waals surface area (Å²) < 4.78 is 16.0. The second kappa shape index (κ2) is 10.4. The number of aromatic hydroxyl groups is 2. The Morgan fingerprint density at radius 3 is 2.00 bits per heavy atom. The third kappa shape index (κ3) is 4.22. The summed E-state index contributed by atoms with van der Waals surface area (Å²) in [5, 5.41) is 32.4. The van der Waals surface area contributed by atoms with Crippen molar-refractivity contribution in [3.63, 3.8) is 0 Å². The number of carbonyl (C=O) groups excluding carboxylic acids is 2. The van der Waals surface area contributed by atoms with Gasteiger partial charge in [0.1, 0.15) is 33.6 Å². The smallest absolute Gasteiger partial charge is 0.354 e. The van der Waals surface area contributed by atoms with Gasteiger partial charge in [0, 0.05) is 16.5 Å². The van der Waals surface area contributed by atoms with Gasteiger partial charge in [0.05, 0.1) is 32.7 Å². The monoisotopic (exact) mass is 609 g/mol. The van der Waals surface area contributed by atoms with Gasteiger partial charge in [-0.05, 0) is 48.9 Å². The van der Waals surface area contributed by atoms with Gasteiger partial charge in [0.2, 0.25) is 17.3 Å². The van der Waals surface area contributed by atoms with E-state index in [-0.39, 0.29) is 102 Å². The molecule has 0 amide bonds. The molecule has 1 aliphatic rings. The molecule has 226 valence electrons. The normalized spacial score (nSPS) is 12.4. The van der Waals surface area contributed by atoms with Crippen LogP contribution in [-0.4, -0.2) is 74.1 Å². The van der Waals surface area contributed by atoms with Crippen LogP contribution in [0.25, 0.3) is 44.5 Å². The summed E-state index contributed by atoms with van der Waals surface area (Å²) in [4.78, 5) is 55.1. The number of aromatic carboxylic acids is 1. The summed E-state index contributed by atoms with van der Waals surface area (Å²) in [6, 6.07) is 5.96. The topological polar surface area (TPSA) is 217 Å². The fraction of sp³-hybridized carbons (Fsp3) is 0.129. The quantitative estimate of drug-likeness (QED) is 0.201. The lowest BCUT2D eigenvalue weighted by atomic mass is 9.94. The molecule has 14 nitrogen and oxygen atoms in total. The van der Waals surface area contributed by atoms with Gasteiger partial charge >= 0.3 is 5.97 Å². The Labute approximate surface area is 253 Å². The lowest BCUT2D eigenvalue weighted by Crippen LogP contribution is -2.16. The van der Waals surface area contributed by atoms with Gasteiger partial charge in [0.25, 0.3) is 0 Å². The number of carboxylic acids is 1. The molecule has 14 heteroatoms. The van der Waals surface area contributed by atoms with Gasteiger partial charge < -0.3 is 35.3 Å². The minimum absolute atomic E-state index is 0.00791. The molecule has 0 fully saturated rings. The first kappa shape index (κ1) is 28.8. The van der Waals surface area contributed by atoms with Crippen LogP contribution >= 0.6 is 0 Å². The molecule has 2 aromatic carbocycles. The van der Waals surface area contributed by atoms with Crippen molar-refractivity contribution < 1.29 is 43.9 Å². The van der Waals surface area contributed by atoms with Gasteiger partial charge in [-0.15, -0.1) is 0 Å². The fourth-order valence-corrected chi connectivity index (χ4v) is 5.36. The first-order valence-corrected chi connectivity index (χ1v) is 13.2. The number of pyridine rings is 2. The Balaban J connectivity index is 1.68. The Morgan fingerprint density at radius 2 is 1.40 bits per heavy atom. The molecule has 0 spiro atoms. The molecular weight excluding hydrogens is 586 g/mol. The molecular formula is C31H23N5O9. The number of carbonyl (C=O) groups is 3. The number of methoxy groups -OCH3 is 3. The van der Waals surface area contributed by atoms with E-state index in [1.165, 1.54) is 52.5 Å². The van der Waals surface area contributed by atoms with E-state index in [1.807, 2.05) is 0 Å². The summed E-state index contributed by atoms with van der Waals surface area (Å²) in [6.07, 6.45) is 2.16. The number of nitrogens with zero attached hydrogens (tertiary/aromatic N) is 4. The highest BCUT2D eigenvalue weighted by molar-refractivity contribution is 6.22. The number of fused-ring (bicyclic) bond motifs is 4. The molecule has 0 atom stereocenters. The average molecular weight is 610 g/mol. The number of ether oxygens (including phenoxy) is 3. The molecule has 0 radical (unpaired) electrons. The van der Waals surface area contributed by atoms with E-state index < -0.39 is 17.5 Å². The van der Waals surface area contributed by atoms with E-state index in [2.05, 4.69) is 19.9 Å². The number of ketones is 2. The number of nitrogen functional groups attached to an aromatic ring is 1. The first-order valence-electron chi connectivity index (χ1n) is 13.2. The van der Waals surface area contributed by atoms with E-state index in [9.17, 15) is 29.7 Å². The van der Waals surface area contributed by atoms with Crippen LogP contribution in [0, 0.1) is 6.92 Å². The largest absolute Gasteiger partial charge is 0.504 e. The zero-order valence-electron chi connectivity index (χ0n) is 24.1. The third-order valence-corrected chi connectivity index (χ3v) is 7.47. The van der Waals surface area contributed by atoms with Gasteiger partial charge in [0.15, 0.2) is 28.7 Å². The molecule has 0 aliphatic heterocycles. The van der Waals surface area contributed by atoms with Crippen LogP contribution in [0.2, 0.25) is 0 Å². The Hall–Kier alpha value is -6.31. The van der Waals surface area contributed by atoms with Crippen molar-refractivity contribution in [2.24, 2.45) is 0 Å². The molecule has 3 aromatic heterocycles.